The first-order valence-corrected chi connectivity index (χ1v) is 5.93. The van der Waals surface area contributed by atoms with Gasteiger partial charge in [-0.05, 0) is 42.0 Å². The molecule has 0 fully saturated rings. The highest BCUT2D eigenvalue weighted by Gasteiger charge is 2.11. The Morgan fingerprint density at radius 3 is 2.53 bits per heavy atom. The van der Waals surface area contributed by atoms with E-state index >= 15 is 0 Å². The molecule has 0 aliphatic heterocycles. The van der Waals surface area contributed by atoms with Gasteiger partial charge in [-0.1, -0.05) is 12.1 Å². The second-order valence-electron chi connectivity index (χ2n) is 4.35. The van der Waals surface area contributed by atoms with Crippen LogP contribution in [0.3, 0.4) is 0 Å². The molecule has 0 spiro atoms. The molecule has 98 valence electrons. The molecule has 19 heavy (non-hydrogen) atoms. The highest BCUT2D eigenvalue weighted by molar-refractivity contribution is 5.94. The first kappa shape index (κ1) is 13.1. The number of nitrogen functional groups attached to an aromatic ring is 1. The molecule has 0 saturated heterocycles. The minimum Gasteiger partial charge on any atom is -0.399 e. The van der Waals surface area contributed by atoms with E-state index in [2.05, 4.69) is 0 Å². The van der Waals surface area contributed by atoms with Gasteiger partial charge in [0.25, 0.3) is 0 Å². The van der Waals surface area contributed by atoms with E-state index in [1.165, 1.54) is 17.0 Å². The number of rotatable bonds is 3. The van der Waals surface area contributed by atoms with Crippen LogP contribution < -0.4 is 10.6 Å². The van der Waals surface area contributed by atoms with Gasteiger partial charge < -0.3 is 10.6 Å². The van der Waals surface area contributed by atoms with Gasteiger partial charge in [0.15, 0.2) is 0 Å². The fourth-order valence-electron chi connectivity index (χ4n) is 1.78. The third-order valence-corrected chi connectivity index (χ3v) is 2.90. The molecular formula is C15H15FN2O. The van der Waals surface area contributed by atoms with Crippen molar-refractivity contribution in [3.63, 3.8) is 0 Å². The molecule has 2 aromatic rings. The van der Waals surface area contributed by atoms with Crippen molar-refractivity contribution < 1.29 is 9.18 Å². The number of halogens is 1. The summed E-state index contributed by atoms with van der Waals surface area (Å²) in [6.45, 7) is 0. The molecule has 0 saturated carbocycles. The highest BCUT2D eigenvalue weighted by Crippen LogP contribution is 2.16. The van der Waals surface area contributed by atoms with E-state index in [1.807, 2.05) is 0 Å². The average Bonchev–Trinajstić information content (AvgIpc) is 2.39. The maximum atomic E-state index is 13.0. The van der Waals surface area contributed by atoms with Gasteiger partial charge in [0, 0.05) is 18.4 Å². The van der Waals surface area contributed by atoms with E-state index in [9.17, 15) is 9.18 Å². The van der Waals surface area contributed by atoms with Crippen molar-refractivity contribution in [2.75, 3.05) is 17.7 Å². The molecule has 0 bridgehead atoms. The van der Waals surface area contributed by atoms with Gasteiger partial charge in [0.2, 0.25) is 5.91 Å². The van der Waals surface area contributed by atoms with Gasteiger partial charge in [0.05, 0.1) is 6.42 Å². The fourth-order valence-corrected chi connectivity index (χ4v) is 1.78. The van der Waals surface area contributed by atoms with Crippen LogP contribution in [0.1, 0.15) is 5.56 Å². The van der Waals surface area contributed by atoms with Crippen molar-refractivity contribution in [2.45, 2.75) is 6.42 Å². The van der Waals surface area contributed by atoms with Gasteiger partial charge in [-0.2, -0.15) is 0 Å². The molecule has 0 atom stereocenters. The molecule has 0 unspecified atom stereocenters. The first-order valence-electron chi connectivity index (χ1n) is 5.93. The van der Waals surface area contributed by atoms with E-state index in [1.54, 1.807) is 43.4 Å². The molecular weight excluding hydrogens is 243 g/mol. The Balaban J connectivity index is 2.09. The molecule has 0 radical (unpaired) electrons. The predicted molar refractivity (Wildman–Crippen MR) is 74.4 cm³/mol. The van der Waals surface area contributed by atoms with Crippen LogP contribution in [0.5, 0.6) is 0 Å². The number of anilines is 2. The highest BCUT2D eigenvalue weighted by atomic mass is 19.1. The van der Waals surface area contributed by atoms with Gasteiger partial charge in [-0.3, -0.25) is 4.79 Å². The lowest BCUT2D eigenvalue weighted by molar-refractivity contribution is -0.117. The molecule has 2 N–H and O–H groups in total. The van der Waals surface area contributed by atoms with Crippen molar-refractivity contribution in [3.8, 4) is 0 Å². The fraction of sp³-hybridized carbons (Fsp3) is 0.133. The molecule has 2 aromatic carbocycles. The normalized spacial score (nSPS) is 10.2. The summed E-state index contributed by atoms with van der Waals surface area (Å²) in [5.41, 5.74) is 7.67. The monoisotopic (exact) mass is 258 g/mol. The summed E-state index contributed by atoms with van der Waals surface area (Å²) in [5, 5.41) is 0. The lowest BCUT2D eigenvalue weighted by atomic mass is 10.1. The number of amides is 1. The molecule has 0 aliphatic carbocycles. The van der Waals surface area contributed by atoms with E-state index in [0.717, 1.165) is 5.69 Å². The smallest absolute Gasteiger partial charge is 0.231 e. The third kappa shape index (κ3) is 3.31. The number of hydrogen-bond acceptors (Lipinski definition) is 2. The first-order chi connectivity index (χ1) is 9.06. The number of hydrogen-bond donors (Lipinski definition) is 1. The number of nitrogens with zero attached hydrogens (tertiary/aromatic N) is 1. The number of benzene rings is 2. The predicted octanol–water partition coefficient (Wildman–Crippen LogP) is 2.61. The van der Waals surface area contributed by atoms with Crippen molar-refractivity contribution >= 4 is 17.3 Å². The molecule has 2 rings (SSSR count). The number of nitrogens with two attached hydrogens (primary N) is 1. The maximum Gasteiger partial charge on any atom is 0.231 e. The second kappa shape index (κ2) is 5.52. The summed E-state index contributed by atoms with van der Waals surface area (Å²) in [6, 6.07) is 13.1. The Morgan fingerprint density at radius 2 is 1.89 bits per heavy atom. The van der Waals surface area contributed by atoms with Gasteiger partial charge >= 0.3 is 0 Å². The Labute approximate surface area is 111 Å². The van der Waals surface area contributed by atoms with Crippen LogP contribution in [0.15, 0.2) is 48.5 Å². The Morgan fingerprint density at radius 1 is 1.21 bits per heavy atom. The van der Waals surface area contributed by atoms with Crippen molar-refractivity contribution in [3.05, 3.63) is 59.9 Å². The zero-order chi connectivity index (χ0) is 13.8. The van der Waals surface area contributed by atoms with Crippen molar-refractivity contribution in [1.29, 1.82) is 0 Å². The topological polar surface area (TPSA) is 46.3 Å². The van der Waals surface area contributed by atoms with E-state index in [0.29, 0.717) is 11.3 Å². The minimum absolute atomic E-state index is 0.102. The van der Waals surface area contributed by atoms with Crippen molar-refractivity contribution in [2.24, 2.45) is 0 Å². The Hall–Kier alpha value is -2.36. The second-order valence-corrected chi connectivity index (χ2v) is 4.35. The number of carbonyl (C=O) groups is 1. The van der Waals surface area contributed by atoms with Crippen LogP contribution in [0.25, 0.3) is 0 Å². The van der Waals surface area contributed by atoms with Gasteiger partial charge in [-0.15, -0.1) is 0 Å². The zero-order valence-corrected chi connectivity index (χ0v) is 10.6. The summed E-state index contributed by atoms with van der Waals surface area (Å²) in [6.07, 6.45) is 0.165. The summed E-state index contributed by atoms with van der Waals surface area (Å²) in [5.74, 6) is -0.434. The maximum absolute atomic E-state index is 13.0. The van der Waals surface area contributed by atoms with Crippen LogP contribution in [-0.2, 0) is 11.2 Å². The van der Waals surface area contributed by atoms with Crippen LogP contribution in [0, 0.1) is 5.82 Å². The average molecular weight is 258 g/mol. The van der Waals surface area contributed by atoms with Crippen molar-refractivity contribution in [1.82, 2.24) is 0 Å². The van der Waals surface area contributed by atoms with E-state index < -0.39 is 0 Å². The van der Waals surface area contributed by atoms with E-state index in [-0.39, 0.29) is 18.1 Å². The summed E-state index contributed by atoms with van der Waals surface area (Å²) in [4.78, 5) is 13.6. The number of carbonyl (C=O) groups excluding carboxylic acids is 1. The summed E-state index contributed by atoms with van der Waals surface area (Å²) < 4.78 is 13.0. The van der Waals surface area contributed by atoms with Crippen LogP contribution in [0.4, 0.5) is 15.8 Å². The van der Waals surface area contributed by atoms with Crippen LogP contribution in [-0.4, -0.2) is 13.0 Å². The van der Waals surface area contributed by atoms with Gasteiger partial charge in [-0.25, -0.2) is 4.39 Å². The standard InChI is InChI=1S/C15H15FN2O/c1-18(14-7-5-13(17)6-8-14)15(19)10-11-3-2-4-12(16)9-11/h2-9H,10,17H2,1H3. The van der Waals surface area contributed by atoms with Crippen LogP contribution in [0.2, 0.25) is 0 Å². The number of likely N-dealkylation sites (N-methyl/N-ethyl adjacent to an activating group) is 1. The molecule has 1 amide bonds. The summed E-state index contributed by atoms with van der Waals surface area (Å²) in [7, 11) is 1.69. The molecule has 4 heteroatoms. The molecule has 0 aromatic heterocycles. The zero-order valence-electron chi connectivity index (χ0n) is 10.6. The lowest BCUT2D eigenvalue weighted by Gasteiger charge is -2.17. The minimum atomic E-state index is -0.333. The van der Waals surface area contributed by atoms with Crippen LogP contribution >= 0.6 is 0 Å². The Kier molecular flexibility index (Phi) is 3.80. The third-order valence-electron chi connectivity index (χ3n) is 2.90. The van der Waals surface area contributed by atoms with Gasteiger partial charge in [0.1, 0.15) is 5.82 Å². The van der Waals surface area contributed by atoms with E-state index in [4.69, 9.17) is 5.73 Å². The molecule has 0 heterocycles. The SMILES string of the molecule is CN(C(=O)Cc1cccc(F)c1)c1ccc(N)cc1. The largest absolute Gasteiger partial charge is 0.399 e. The Bertz CT molecular complexity index is 581. The summed E-state index contributed by atoms with van der Waals surface area (Å²) >= 11 is 0. The molecule has 3 nitrogen and oxygen atoms in total. The lowest BCUT2D eigenvalue weighted by Crippen LogP contribution is -2.27. The molecule has 0 aliphatic rings. The quantitative estimate of drug-likeness (QED) is 0.860.